The number of rotatable bonds is 2. The van der Waals surface area contributed by atoms with Crippen molar-refractivity contribution in [1.29, 1.82) is 0 Å². The summed E-state index contributed by atoms with van der Waals surface area (Å²) in [5, 5.41) is 8.17. The number of amides is 1. The van der Waals surface area contributed by atoms with Gasteiger partial charge in [-0.25, -0.2) is 13.9 Å². The summed E-state index contributed by atoms with van der Waals surface area (Å²) >= 11 is 0. The molecule has 0 aliphatic rings. The van der Waals surface area contributed by atoms with Crippen LogP contribution in [-0.2, 0) is 14.6 Å². The van der Waals surface area contributed by atoms with Crippen molar-refractivity contribution in [2.24, 2.45) is 0 Å². The molecule has 0 rings (SSSR count). The van der Waals surface area contributed by atoms with E-state index in [2.05, 4.69) is 0 Å². The number of hydroxylamine groups is 1. The van der Waals surface area contributed by atoms with Gasteiger partial charge in [0.1, 0.15) is 4.75 Å². The zero-order chi connectivity index (χ0) is 9.28. The molecule has 0 fully saturated rings. The third kappa shape index (κ3) is 1.90. The lowest BCUT2D eigenvalue weighted by Crippen LogP contribution is -2.46. The molecule has 0 aromatic rings. The molecule has 0 aliphatic heterocycles. The predicted octanol–water partition coefficient (Wildman–Crippen LogP) is -0.685. The van der Waals surface area contributed by atoms with Gasteiger partial charge in [0.25, 0.3) is 5.91 Å². The molecule has 0 radical (unpaired) electrons. The normalized spacial score (nSPS) is 12.7. The lowest BCUT2D eigenvalue weighted by Gasteiger charge is -2.18. The van der Waals surface area contributed by atoms with Crippen molar-refractivity contribution in [2.75, 3.05) is 6.26 Å². The Morgan fingerprint density at radius 1 is 1.45 bits per heavy atom. The van der Waals surface area contributed by atoms with Crippen LogP contribution in [0.3, 0.4) is 0 Å². The second kappa shape index (κ2) is 2.78. The molecule has 66 valence electrons. The smallest absolute Gasteiger partial charge is 0.264 e. The van der Waals surface area contributed by atoms with E-state index in [1.807, 2.05) is 0 Å². The summed E-state index contributed by atoms with van der Waals surface area (Å²) in [4.78, 5) is 10.7. The molecular weight excluding hydrogens is 170 g/mol. The highest BCUT2D eigenvalue weighted by molar-refractivity contribution is 7.92. The molecule has 0 saturated heterocycles. The lowest BCUT2D eigenvalue weighted by molar-refractivity contribution is -0.131. The molecule has 0 aromatic carbocycles. The Kier molecular flexibility index (Phi) is 2.63. The van der Waals surface area contributed by atoms with Crippen LogP contribution in [0.1, 0.15) is 13.8 Å². The first-order valence-electron chi connectivity index (χ1n) is 2.87. The van der Waals surface area contributed by atoms with E-state index in [1.165, 1.54) is 19.3 Å². The fourth-order valence-corrected chi connectivity index (χ4v) is 0.685. The summed E-state index contributed by atoms with van der Waals surface area (Å²) < 4.78 is 20.2. The largest absolute Gasteiger partial charge is 0.289 e. The maximum atomic E-state index is 10.9. The minimum atomic E-state index is -3.49. The molecule has 0 atom stereocenters. The summed E-state index contributed by atoms with van der Waals surface area (Å²) in [6, 6.07) is 0. The molecule has 0 saturated carbocycles. The Labute approximate surface area is 65.3 Å². The number of hydrogen-bond acceptors (Lipinski definition) is 4. The van der Waals surface area contributed by atoms with E-state index >= 15 is 0 Å². The van der Waals surface area contributed by atoms with Gasteiger partial charge in [0.2, 0.25) is 0 Å². The van der Waals surface area contributed by atoms with E-state index in [0.717, 1.165) is 6.26 Å². The molecule has 1 amide bonds. The Bertz CT molecular complexity index is 254. The summed E-state index contributed by atoms with van der Waals surface area (Å²) in [6.07, 6.45) is 0.933. The van der Waals surface area contributed by atoms with Gasteiger partial charge in [-0.3, -0.25) is 10.0 Å². The molecule has 0 heterocycles. The van der Waals surface area contributed by atoms with E-state index in [1.54, 1.807) is 0 Å². The van der Waals surface area contributed by atoms with E-state index in [-0.39, 0.29) is 0 Å². The fraction of sp³-hybridized carbons (Fsp3) is 0.800. The Morgan fingerprint density at radius 3 is 1.91 bits per heavy atom. The van der Waals surface area contributed by atoms with Gasteiger partial charge in [-0.05, 0) is 13.8 Å². The van der Waals surface area contributed by atoms with Crippen molar-refractivity contribution in [3.8, 4) is 0 Å². The lowest BCUT2D eigenvalue weighted by atomic mass is 10.2. The minimum absolute atomic E-state index is 0.931. The first-order chi connectivity index (χ1) is 4.73. The van der Waals surface area contributed by atoms with Gasteiger partial charge in [-0.15, -0.1) is 0 Å². The van der Waals surface area contributed by atoms with Crippen LogP contribution >= 0.6 is 0 Å². The Hall–Kier alpha value is -0.620. The molecule has 0 aliphatic carbocycles. The van der Waals surface area contributed by atoms with E-state index in [0.29, 0.717) is 0 Å². The highest BCUT2D eigenvalue weighted by Crippen LogP contribution is 2.14. The minimum Gasteiger partial charge on any atom is -0.289 e. The molecule has 5 nitrogen and oxygen atoms in total. The van der Waals surface area contributed by atoms with Crippen LogP contribution in [0.4, 0.5) is 0 Å². The van der Waals surface area contributed by atoms with Crippen LogP contribution < -0.4 is 5.48 Å². The van der Waals surface area contributed by atoms with Crippen LogP contribution in [0.5, 0.6) is 0 Å². The molecule has 0 aromatic heterocycles. The quantitative estimate of drug-likeness (QED) is 0.436. The van der Waals surface area contributed by atoms with Crippen molar-refractivity contribution in [3.63, 3.8) is 0 Å². The first kappa shape index (κ1) is 10.4. The zero-order valence-electron chi connectivity index (χ0n) is 6.58. The van der Waals surface area contributed by atoms with Crippen LogP contribution in [0.2, 0.25) is 0 Å². The van der Waals surface area contributed by atoms with Crippen molar-refractivity contribution in [2.45, 2.75) is 18.6 Å². The Morgan fingerprint density at radius 2 is 1.82 bits per heavy atom. The van der Waals surface area contributed by atoms with E-state index in [9.17, 15) is 13.2 Å². The van der Waals surface area contributed by atoms with Crippen molar-refractivity contribution >= 4 is 15.7 Å². The SMILES string of the molecule is CC(C)(C(=O)NO)S(C)(=O)=O. The highest BCUT2D eigenvalue weighted by Gasteiger charge is 2.38. The highest BCUT2D eigenvalue weighted by atomic mass is 32.2. The average molecular weight is 181 g/mol. The molecule has 11 heavy (non-hydrogen) atoms. The second-order valence-electron chi connectivity index (χ2n) is 2.72. The van der Waals surface area contributed by atoms with Gasteiger partial charge in [0.15, 0.2) is 9.84 Å². The topological polar surface area (TPSA) is 83.5 Å². The van der Waals surface area contributed by atoms with Gasteiger partial charge >= 0.3 is 0 Å². The number of sulfone groups is 1. The summed E-state index contributed by atoms with van der Waals surface area (Å²) in [5.74, 6) is -0.931. The van der Waals surface area contributed by atoms with E-state index in [4.69, 9.17) is 5.21 Å². The molecule has 0 spiro atoms. The van der Waals surface area contributed by atoms with Crippen molar-refractivity contribution in [1.82, 2.24) is 5.48 Å². The zero-order valence-corrected chi connectivity index (χ0v) is 7.40. The molecule has 6 heteroatoms. The number of carbonyl (C=O) groups excluding carboxylic acids is 1. The van der Waals surface area contributed by atoms with Gasteiger partial charge in [0, 0.05) is 6.26 Å². The predicted molar refractivity (Wildman–Crippen MR) is 38.9 cm³/mol. The second-order valence-corrected chi connectivity index (χ2v) is 5.29. The summed E-state index contributed by atoms with van der Waals surface area (Å²) in [6.45, 7) is 2.43. The van der Waals surface area contributed by atoms with Crippen LogP contribution in [0.15, 0.2) is 0 Å². The monoisotopic (exact) mass is 181 g/mol. The van der Waals surface area contributed by atoms with Gasteiger partial charge in [0.05, 0.1) is 0 Å². The van der Waals surface area contributed by atoms with Gasteiger partial charge in [-0.1, -0.05) is 0 Å². The third-order valence-electron chi connectivity index (χ3n) is 1.58. The fourth-order valence-electron chi connectivity index (χ4n) is 0.303. The first-order valence-corrected chi connectivity index (χ1v) is 4.76. The number of nitrogens with one attached hydrogen (secondary N) is 1. The van der Waals surface area contributed by atoms with Crippen LogP contribution in [-0.4, -0.2) is 30.5 Å². The van der Waals surface area contributed by atoms with Crippen molar-refractivity contribution < 1.29 is 18.4 Å². The van der Waals surface area contributed by atoms with Crippen LogP contribution in [0, 0.1) is 0 Å². The maximum Gasteiger partial charge on any atom is 0.264 e. The van der Waals surface area contributed by atoms with Gasteiger partial charge in [-0.2, -0.15) is 0 Å². The standard InChI is InChI=1S/C5H11NO4S/c1-5(2,4(7)6-8)11(3,9)10/h8H,1-3H3,(H,6,7). The molecule has 2 N–H and O–H groups in total. The average Bonchev–Trinajstić information content (AvgIpc) is 1.83. The Balaban J connectivity index is 4.90. The van der Waals surface area contributed by atoms with Crippen LogP contribution in [0.25, 0.3) is 0 Å². The van der Waals surface area contributed by atoms with E-state index < -0.39 is 20.5 Å². The number of hydrogen-bond donors (Lipinski definition) is 2. The maximum absolute atomic E-state index is 10.9. The van der Waals surface area contributed by atoms with Crippen molar-refractivity contribution in [3.05, 3.63) is 0 Å². The summed E-state index contributed by atoms with van der Waals surface area (Å²) in [7, 11) is -3.49. The molecular formula is C5H11NO4S. The molecule has 0 unspecified atom stereocenters. The summed E-state index contributed by atoms with van der Waals surface area (Å²) in [5.41, 5.74) is 1.29. The molecule has 0 bridgehead atoms. The third-order valence-corrected chi connectivity index (χ3v) is 3.61. The van der Waals surface area contributed by atoms with Gasteiger partial charge < -0.3 is 0 Å². The number of carbonyl (C=O) groups is 1.